The van der Waals surface area contributed by atoms with Gasteiger partial charge in [-0.3, -0.25) is 24.5 Å². The predicted octanol–water partition coefficient (Wildman–Crippen LogP) is 4.97. The average Bonchev–Trinajstić information content (AvgIpc) is 3.13. The van der Waals surface area contributed by atoms with Crippen molar-refractivity contribution in [1.29, 1.82) is 0 Å². The summed E-state index contributed by atoms with van der Waals surface area (Å²) < 4.78 is 16.8. The molecule has 280 valence electrons. The minimum atomic E-state index is -0.506. The van der Waals surface area contributed by atoms with Crippen LogP contribution in [0.2, 0.25) is 0 Å². The molecule has 1 aromatic heterocycles. The van der Waals surface area contributed by atoms with E-state index < -0.39 is 5.92 Å². The smallest absolute Gasteiger partial charge is 0.271 e. The average molecular weight is 716 g/mol. The van der Waals surface area contributed by atoms with Gasteiger partial charge in [0.05, 0.1) is 23.5 Å². The summed E-state index contributed by atoms with van der Waals surface area (Å²) in [5.41, 5.74) is 5.50. The van der Waals surface area contributed by atoms with Crippen LogP contribution < -0.4 is 21.1 Å². The number of benzene rings is 2. The lowest BCUT2D eigenvalue weighted by Crippen LogP contribution is -2.48. The van der Waals surface area contributed by atoms with Gasteiger partial charge in [0.25, 0.3) is 11.5 Å². The zero-order valence-corrected chi connectivity index (χ0v) is 30.7. The van der Waals surface area contributed by atoms with Crippen LogP contribution in [0.15, 0.2) is 47.4 Å². The van der Waals surface area contributed by atoms with Crippen molar-refractivity contribution in [1.82, 2.24) is 24.9 Å². The molecular formula is C40H54FN7O4. The maximum absolute atomic E-state index is 15.5. The SMILES string of the molecule is Cc1cc(N2CCC3(CCN(C(=O)c4ccc([C@@H]5C[C@H](Nc6cnn(C)c(=O)c6C)CN(C)C5)cc4)CC3)CC2)c(F)cc1C1CCC(=O)NC1=O.[HH].[HH]. The number of aryl methyl sites for hydroxylation is 2. The summed E-state index contributed by atoms with van der Waals surface area (Å²) >= 11 is 0. The van der Waals surface area contributed by atoms with Crippen LogP contribution in [0, 0.1) is 25.1 Å². The molecule has 0 saturated carbocycles. The highest BCUT2D eigenvalue weighted by molar-refractivity contribution is 6.01. The Balaban J connectivity index is 0.00000280. The van der Waals surface area contributed by atoms with E-state index in [9.17, 15) is 19.2 Å². The number of amides is 3. The Labute approximate surface area is 307 Å². The number of hydrogen-bond donors (Lipinski definition) is 2. The van der Waals surface area contributed by atoms with E-state index in [0.29, 0.717) is 47.8 Å². The van der Waals surface area contributed by atoms with Gasteiger partial charge < -0.3 is 20.0 Å². The molecule has 0 radical (unpaired) electrons. The normalized spacial score (nSPS) is 23.8. The van der Waals surface area contributed by atoms with E-state index in [2.05, 4.69) is 44.7 Å². The van der Waals surface area contributed by atoms with Crippen LogP contribution >= 0.6 is 0 Å². The number of likely N-dealkylation sites (tertiary alicyclic amines) is 2. The molecule has 4 saturated heterocycles. The molecule has 7 rings (SSSR count). The number of halogens is 1. The van der Waals surface area contributed by atoms with Gasteiger partial charge >= 0.3 is 0 Å². The molecule has 3 aromatic rings. The third-order valence-corrected chi connectivity index (χ3v) is 12.2. The van der Waals surface area contributed by atoms with Crippen molar-refractivity contribution in [2.24, 2.45) is 12.5 Å². The van der Waals surface area contributed by atoms with Crippen molar-refractivity contribution in [3.63, 3.8) is 0 Å². The molecule has 1 spiro atoms. The standard InChI is InChI=1S/C40H50FN7O4.2H2/c1-25-19-35(33(41)21-32(25)31-9-10-36(49)44-37(31)50)47-15-11-40(12-16-47)13-17-48(18-14-40)39(52)28-7-5-27(6-8-28)29-20-30(24-45(3)23-29)43-34-22-42-46(4)38(51)26(34)2;;/h5-8,19,21-22,29-31,43H,9-18,20,23-24H2,1-4H3,(H,44,49,50);2*1H/t29-,30+,31?;;/m1../s1. The maximum Gasteiger partial charge on any atom is 0.271 e. The molecular weight excluding hydrogens is 661 g/mol. The second kappa shape index (κ2) is 14.4. The van der Waals surface area contributed by atoms with Gasteiger partial charge in [0.1, 0.15) is 5.82 Å². The number of hydrogen-bond acceptors (Lipinski definition) is 8. The van der Waals surface area contributed by atoms with Crippen molar-refractivity contribution in [3.8, 4) is 0 Å². The lowest BCUT2D eigenvalue weighted by atomic mass is 9.71. The Morgan fingerprint density at radius 2 is 1.67 bits per heavy atom. The number of anilines is 2. The molecule has 2 aromatic carbocycles. The molecule has 3 amide bonds. The summed E-state index contributed by atoms with van der Waals surface area (Å²) in [6.45, 7) is 8.45. The van der Waals surface area contributed by atoms with Crippen molar-refractivity contribution in [2.75, 3.05) is 56.5 Å². The number of imide groups is 1. The number of aromatic nitrogens is 2. The first-order chi connectivity index (χ1) is 24.9. The number of carbonyl (C=O) groups is 3. The molecule has 4 fully saturated rings. The van der Waals surface area contributed by atoms with Crippen LogP contribution in [0.3, 0.4) is 0 Å². The monoisotopic (exact) mass is 715 g/mol. The molecule has 4 aliphatic rings. The van der Waals surface area contributed by atoms with Crippen molar-refractivity contribution < 1.29 is 21.6 Å². The second-order valence-corrected chi connectivity index (χ2v) is 15.7. The van der Waals surface area contributed by atoms with E-state index in [-0.39, 0.29) is 49.8 Å². The van der Waals surface area contributed by atoms with Crippen LogP contribution in [-0.4, -0.2) is 89.7 Å². The van der Waals surface area contributed by atoms with Gasteiger partial charge in [-0.2, -0.15) is 5.10 Å². The zero-order chi connectivity index (χ0) is 36.7. The van der Waals surface area contributed by atoms with Crippen molar-refractivity contribution in [3.05, 3.63) is 86.6 Å². The fourth-order valence-corrected chi connectivity index (χ4v) is 8.96. The largest absolute Gasteiger partial charge is 0.379 e. The van der Waals surface area contributed by atoms with E-state index >= 15 is 4.39 Å². The Kier molecular flexibility index (Phi) is 9.95. The molecule has 52 heavy (non-hydrogen) atoms. The Hall–Kier alpha value is -4.58. The Morgan fingerprint density at radius 3 is 2.37 bits per heavy atom. The zero-order valence-electron chi connectivity index (χ0n) is 30.7. The predicted molar refractivity (Wildman–Crippen MR) is 202 cm³/mol. The number of piperidine rings is 4. The highest BCUT2D eigenvalue weighted by atomic mass is 19.1. The number of carbonyl (C=O) groups excluding carboxylic acids is 3. The molecule has 4 aliphatic heterocycles. The molecule has 0 bridgehead atoms. The van der Waals surface area contributed by atoms with E-state index in [1.54, 1.807) is 13.2 Å². The maximum atomic E-state index is 15.5. The van der Waals surface area contributed by atoms with Crippen LogP contribution in [0.1, 0.15) is 92.2 Å². The fraction of sp³-hybridized carbons (Fsp3) is 0.525. The fourth-order valence-electron chi connectivity index (χ4n) is 8.96. The van der Waals surface area contributed by atoms with E-state index in [1.165, 1.54) is 16.3 Å². The molecule has 5 heterocycles. The van der Waals surface area contributed by atoms with Crippen LogP contribution in [-0.2, 0) is 16.6 Å². The lowest BCUT2D eigenvalue weighted by molar-refractivity contribution is -0.134. The summed E-state index contributed by atoms with van der Waals surface area (Å²) in [7, 11) is 3.77. The first-order valence-corrected chi connectivity index (χ1v) is 18.7. The van der Waals surface area contributed by atoms with Crippen molar-refractivity contribution in [2.45, 2.75) is 76.7 Å². The van der Waals surface area contributed by atoms with Gasteiger partial charge in [-0.1, -0.05) is 12.1 Å². The van der Waals surface area contributed by atoms with Gasteiger partial charge in [-0.25, -0.2) is 9.07 Å². The minimum Gasteiger partial charge on any atom is -0.379 e. The Morgan fingerprint density at radius 1 is 0.981 bits per heavy atom. The van der Waals surface area contributed by atoms with Gasteiger partial charge in [0, 0.05) is 72.8 Å². The van der Waals surface area contributed by atoms with E-state index in [4.69, 9.17) is 0 Å². The summed E-state index contributed by atoms with van der Waals surface area (Å²) in [6, 6.07) is 11.6. The third kappa shape index (κ3) is 7.22. The summed E-state index contributed by atoms with van der Waals surface area (Å²) in [4.78, 5) is 56.5. The second-order valence-electron chi connectivity index (χ2n) is 15.7. The number of likely N-dealkylation sites (N-methyl/N-ethyl adjacent to an activating group) is 1. The highest BCUT2D eigenvalue weighted by Crippen LogP contribution is 2.43. The summed E-state index contributed by atoms with van der Waals surface area (Å²) in [6.07, 6.45) is 7.06. The molecule has 0 aliphatic carbocycles. The number of nitrogens with one attached hydrogen (secondary N) is 2. The van der Waals surface area contributed by atoms with Gasteiger partial charge in [0.2, 0.25) is 11.8 Å². The molecule has 2 N–H and O–H groups in total. The summed E-state index contributed by atoms with van der Waals surface area (Å²) in [5.74, 6) is -1.09. The van der Waals surface area contributed by atoms with Gasteiger partial charge in [0.15, 0.2) is 0 Å². The van der Waals surface area contributed by atoms with Crippen LogP contribution in [0.5, 0.6) is 0 Å². The first kappa shape index (κ1) is 35.8. The molecule has 1 unspecified atom stereocenters. The Bertz CT molecular complexity index is 1920. The van der Waals surface area contributed by atoms with E-state index in [1.807, 2.05) is 36.9 Å². The van der Waals surface area contributed by atoms with Gasteiger partial charge in [-0.15, -0.1) is 0 Å². The number of rotatable bonds is 6. The van der Waals surface area contributed by atoms with Crippen LogP contribution in [0.4, 0.5) is 15.8 Å². The van der Waals surface area contributed by atoms with Crippen molar-refractivity contribution >= 4 is 29.1 Å². The summed E-state index contributed by atoms with van der Waals surface area (Å²) in [5, 5.41) is 10.1. The highest BCUT2D eigenvalue weighted by Gasteiger charge is 2.39. The topological polar surface area (TPSA) is 120 Å². The first-order valence-electron chi connectivity index (χ1n) is 18.7. The van der Waals surface area contributed by atoms with Gasteiger partial charge in [-0.05, 0) is 112 Å². The van der Waals surface area contributed by atoms with Crippen LogP contribution in [0.25, 0.3) is 0 Å². The van der Waals surface area contributed by atoms with E-state index in [0.717, 1.165) is 69.5 Å². The molecule has 12 heteroatoms. The molecule has 3 atom stereocenters. The third-order valence-electron chi connectivity index (χ3n) is 12.2. The molecule has 11 nitrogen and oxygen atoms in total. The lowest BCUT2D eigenvalue weighted by Gasteiger charge is -2.47. The number of nitrogens with zero attached hydrogens (tertiary/aromatic N) is 5. The minimum absolute atomic E-state index is 0. The quantitative estimate of drug-likeness (QED) is 0.344.